The number of methoxy groups -OCH3 is 1. The molecule has 0 saturated heterocycles. The quantitative estimate of drug-likeness (QED) is 0.184. The highest BCUT2D eigenvalue weighted by atomic mass is 32.2. The molecule has 0 atom stereocenters. The van der Waals surface area contributed by atoms with Crippen LogP contribution in [-0.4, -0.2) is 42.3 Å². The van der Waals surface area contributed by atoms with Gasteiger partial charge in [-0.05, 0) is 91.0 Å². The molecule has 4 rings (SSSR count). The molecule has 0 saturated carbocycles. The molecule has 0 heterocycles. The van der Waals surface area contributed by atoms with Crippen LogP contribution in [0.3, 0.4) is 0 Å². The molecule has 0 radical (unpaired) electrons. The summed E-state index contributed by atoms with van der Waals surface area (Å²) in [5.74, 6) is -2.43. The van der Waals surface area contributed by atoms with Crippen LogP contribution in [0.1, 0.15) is 20.7 Å². The van der Waals surface area contributed by atoms with Crippen molar-refractivity contribution in [1.29, 1.82) is 0 Å². The van der Waals surface area contributed by atoms with Crippen LogP contribution in [0.5, 0.6) is 5.75 Å². The molecule has 0 aromatic heterocycles. The molecule has 4 aromatic carbocycles. The van der Waals surface area contributed by atoms with Crippen LogP contribution in [0.4, 0.5) is 20.2 Å². The number of ketones is 1. The monoisotopic (exact) mass is 616 g/mol. The van der Waals surface area contributed by atoms with E-state index in [4.69, 9.17) is 9.47 Å². The largest absolute Gasteiger partial charge is 0.497 e. The smallest absolute Gasteiger partial charge is 0.338 e. The summed E-state index contributed by atoms with van der Waals surface area (Å²) < 4.78 is 92.7. The Morgan fingerprint density at radius 2 is 1.12 bits per heavy atom. The van der Waals surface area contributed by atoms with Gasteiger partial charge >= 0.3 is 5.97 Å². The first kappa shape index (κ1) is 30.1. The van der Waals surface area contributed by atoms with Gasteiger partial charge in [0.15, 0.2) is 12.4 Å². The van der Waals surface area contributed by atoms with Crippen LogP contribution in [-0.2, 0) is 24.8 Å². The fraction of sp³-hybridized carbons (Fsp3) is 0.0714. The summed E-state index contributed by atoms with van der Waals surface area (Å²) >= 11 is 0. The minimum atomic E-state index is -4.31. The lowest BCUT2D eigenvalue weighted by Crippen LogP contribution is -2.17. The molecule has 0 fully saturated rings. The standard InChI is InChI=1S/C28H22F2N2O8S2/c1-39-24-8-2-18(3-9-24)27(33)17-40-28(34)19-14-22(31-41(35,36)25-10-4-20(29)5-11-25)16-23(15-19)32-42(37,38)26-12-6-21(30)7-13-26/h2-16,31-32H,17H2,1H3. The van der Waals surface area contributed by atoms with Crippen LogP contribution in [0.15, 0.2) is 101 Å². The van der Waals surface area contributed by atoms with Gasteiger partial charge in [-0.2, -0.15) is 0 Å². The summed E-state index contributed by atoms with van der Waals surface area (Å²) in [5.41, 5.74) is -0.593. The second-order valence-corrected chi connectivity index (χ2v) is 12.0. The molecular weight excluding hydrogens is 594 g/mol. The third-order valence-electron chi connectivity index (χ3n) is 5.67. The molecule has 0 aliphatic heterocycles. The highest BCUT2D eigenvalue weighted by Gasteiger charge is 2.21. The fourth-order valence-corrected chi connectivity index (χ4v) is 5.67. The lowest BCUT2D eigenvalue weighted by Gasteiger charge is -2.14. The minimum Gasteiger partial charge on any atom is -0.497 e. The average molecular weight is 617 g/mol. The predicted molar refractivity (Wildman–Crippen MR) is 148 cm³/mol. The lowest BCUT2D eigenvalue weighted by molar-refractivity contribution is 0.0475. The van der Waals surface area contributed by atoms with E-state index in [9.17, 15) is 35.2 Å². The molecule has 0 aliphatic rings. The van der Waals surface area contributed by atoms with E-state index in [1.54, 1.807) is 12.1 Å². The minimum absolute atomic E-state index is 0.233. The molecule has 0 amide bonds. The molecule has 2 N–H and O–H groups in total. The number of Topliss-reactive ketones (excluding diaryl/α,β-unsaturated/α-hetero) is 1. The Hall–Kier alpha value is -4.82. The Balaban J connectivity index is 1.62. The summed E-state index contributed by atoms with van der Waals surface area (Å²) in [4.78, 5) is 24.8. The Morgan fingerprint density at radius 3 is 1.55 bits per heavy atom. The summed E-state index contributed by atoms with van der Waals surface area (Å²) in [7, 11) is -7.16. The SMILES string of the molecule is COc1ccc(C(=O)COC(=O)c2cc(NS(=O)(=O)c3ccc(F)cc3)cc(NS(=O)(=O)c3ccc(F)cc3)c2)cc1. The third-order valence-corrected chi connectivity index (χ3v) is 8.46. The van der Waals surface area contributed by atoms with Crippen LogP contribution in [0, 0.1) is 11.6 Å². The number of carbonyl (C=O) groups is 2. The number of hydrogen-bond acceptors (Lipinski definition) is 8. The maximum Gasteiger partial charge on any atom is 0.338 e. The summed E-state index contributed by atoms with van der Waals surface area (Å²) in [6.45, 7) is -0.673. The topological polar surface area (TPSA) is 145 Å². The van der Waals surface area contributed by atoms with E-state index in [0.29, 0.717) is 5.75 Å². The molecule has 0 aliphatic carbocycles. The van der Waals surface area contributed by atoms with Gasteiger partial charge in [0, 0.05) is 5.56 Å². The number of rotatable bonds is 11. The van der Waals surface area contributed by atoms with E-state index in [1.165, 1.54) is 19.2 Å². The Kier molecular flexibility index (Phi) is 8.87. The van der Waals surface area contributed by atoms with Gasteiger partial charge in [-0.1, -0.05) is 0 Å². The van der Waals surface area contributed by atoms with Crippen LogP contribution in [0.2, 0.25) is 0 Å². The molecule has 0 bridgehead atoms. The van der Waals surface area contributed by atoms with Crippen molar-refractivity contribution in [1.82, 2.24) is 0 Å². The van der Waals surface area contributed by atoms with E-state index in [1.807, 2.05) is 0 Å². The fourth-order valence-electron chi connectivity index (χ4n) is 3.59. The van der Waals surface area contributed by atoms with E-state index in [2.05, 4.69) is 9.44 Å². The molecule has 0 unspecified atom stereocenters. The zero-order valence-electron chi connectivity index (χ0n) is 21.7. The second-order valence-electron chi connectivity index (χ2n) is 8.65. The van der Waals surface area contributed by atoms with Crippen molar-refractivity contribution in [2.45, 2.75) is 9.79 Å². The van der Waals surface area contributed by atoms with Gasteiger partial charge in [0.25, 0.3) is 20.0 Å². The number of anilines is 2. The van der Waals surface area contributed by atoms with E-state index in [-0.39, 0.29) is 32.3 Å². The molecule has 14 heteroatoms. The van der Waals surface area contributed by atoms with Gasteiger partial charge in [0.2, 0.25) is 0 Å². The lowest BCUT2D eigenvalue weighted by atomic mass is 10.1. The van der Waals surface area contributed by atoms with E-state index in [0.717, 1.165) is 66.7 Å². The zero-order valence-corrected chi connectivity index (χ0v) is 23.3. The number of esters is 1. The van der Waals surface area contributed by atoms with Crippen molar-refractivity contribution in [2.24, 2.45) is 0 Å². The average Bonchev–Trinajstić information content (AvgIpc) is 2.95. The first-order valence-corrected chi connectivity index (χ1v) is 14.9. The van der Waals surface area contributed by atoms with Crippen molar-refractivity contribution in [2.75, 3.05) is 23.2 Å². The van der Waals surface area contributed by atoms with Gasteiger partial charge < -0.3 is 9.47 Å². The number of nitrogens with one attached hydrogen (secondary N) is 2. The second kappa shape index (κ2) is 12.4. The normalized spacial score (nSPS) is 11.4. The molecule has 0 spiro atoms. The summed E-state index contributed by atoms with van der Waals surface area (Å²) in [6.07, 6.45) is 0. The van der Waals surface area contributed by atoms with Crippen molar-refractivity contribution < 1.29 is 44.7 Å². The molecule has 10 nitrogen and oxygen atoms in total. The van der Waals surface area contributed by atoms with Crippen LogP contribution >= 0.6 is 0 Å². The molecular formula is C28H22F2N2O8S2. The highest BCUT2D eigenvalue weighted by molar-refractivity contribution is 7.93. The van der Waals surface area contributed by atoms with E-state index < -0.39 is 50.0 Å². The van der Waals surface area contributed by atoms with Crippen molar-refractivity contribution in [3.05, 3.63) is 114 Å². The van der Waals surface area contributed by atoms with Gasteiger partial charge in [-0.15, -0.1) is 0 Å². The number of carbonyl (C=O) groups excluding carboxylic acids is 2. The number of hydrogen-bond donors (Lipinski definition) is 2. The first-order valence-electron chi connectivity index (χ1n) is 11.9. The first-order chi connectivity index (χ1) is 19.9. The number of ether oxygens (including phenoxy) is 2. The highest BCUT2D eigenvalue weighted by Crippen LogP contribution is 2.25. The molecule has 4 aromatic rings. The van der Waals surface area contributed by atoms with Crippen LogP contribution in [0.25, 0.3) is 0 Å². The third kappa shape index (κ3) is 7.47. The number of sulfonamides is 2. The van der Waals surface area contributed by atoms with Gasteiger partial charge in [0.1, 0.15) is 17.4 Å². The number of halogens is 2. The van der Waals surface area contributed by atoms with Gasteiger partial charge in [-0.3, -0.25) is 14.2 Å². The van der Waals surface area contributed by atoms with Gasteiger partial charge in [-0.25, -0.2) is 30.4 Å². The Morgan fingerprint density at radius 1 is 0.667 bits per heavy atom. The molecule has 42 heavy (non-hydrogen) atoms. The Bertz CT molecular complexity index is 1730. The summed E-state index contributed by atoms with van der Waals surface area (Å²) in [6, 6.07) is 17.1. The van der Waals surface area contributed by atoms with Crippen LogP contribution < -0.4 is 14.2 Å². The Labute approximate surface area is 240 Å². The maximum absolute atomic E-state index is 13.3. The molecule has 218 valence electrons. The van der Waals surface area contributed by atoms with E-state index >= 15 is 0 Å². The van der Waals surface area contributed by atoms with Crippen molar-refractivity contribution in [3.8, 4) is 5.75 Å². The number of benzene rings is 4. The maximum atomic E-state index is 13.3. The van der Waals surface area contributed by atoms with Gasteiger partial charge in [0.05, 0.1) is 33.8 Å². The van der Waals surface area contributed by atoms with Crippen molar-refractivity contribution >= 4 is 43.2 Å². The van der Waals surface area contributed by atoms with Crippen molar-refractivity contribution in [3.63, 3.8) is 0 Å². The zero-order chi connectivity index (χ0) is 30.5. The summed E-state index contributed by atoms with van der Waals surface area (Å²) in [5, 5.41) is 0. The predicted octanol–water partition coefficient (Wildman–Crippen LogP) is 4.61.